The van der Waals surface area contributed by atoms with E-state index in [1.165, 1.54) is 0 Å². The second kappa shape index (κ2) is 9.20. The van der Waals surface area contributed by atoms with Crippen LogP contribution in [-0.2, 0) is 19.4 Å². The molecule has 2 fully saturated rings. The molecule has 1 aliphatic carbocycles. The van der Waals surface area contributed by atoms with Gasteiger partial charge in [0.15, 0.2) is 9.84 Å². The van der Waals surface area contributed by atoms with E-state index in [0.29, 0.717) is 26.0 Å². The highest BCUT2D eigenvalue weighted by molar-refractivity contribution is 7.92. The zero-order chi connectivity index (χ0) is 16.1. The van der Waals surface area contributed by atoms with Crippen LogP contribution in [0.1, 0.15) is 38.5 Å². The standard InChI is InChI=1S/C15H28N2O4S.ClH/c1-21-12-15(6-8-16-9-7-15)11-17-14(18)10-22(19,20)13-4-2-3-5-13;/h13,16H,2-12H2,1H3,(H,17,18);1H. The van der Waals surface area contributed by atoms with E-state index >= 15 is 0 Å². The van der Waals surface area contributed by atoms with Gasteiger partial charge < -0.3 is 15.4 Å². The number of rotatable bonds is 7. The average Bonchev–Trinajstić information content (AvgIpc) is 3.01. The van der Waals surface area contributed by atoms with Crippen molar-refractivity contribution in [3.63, 3.8) is 0 Å². The summed E-state index contributed by atoms with van der Waals surface area (Å²) in [5.41, 5.74) is -0.0766. The van der Waals surface area contributed by atoms with E-state index in [1.807, 2.05) is 0 Å². The number of amides is 1. The lowest BCUT2D eigenvalue weighted by Crippen LogP contribution is -2.48. The Morgan fingerprint density at radius 1 is 1.26 bits per heavy atom. The molecule has 2 N–H and O–H groups in total. The Bertz CT molecular complexity index is 466. The first kappa shape index (κ1) is 20.7. The number of ether oxygens (including phenoxy) is 1. The maximum absolute atomic E-state index is 12.2. The summed E-state index contributed by atoms with van der Waals surface area (Å²) in [5, 5.41) is 5.81. The Balaban J connectivity index is 0.00000264. The van der Waals surface area contributed by atoms with Crippen molar-refractivity contribution < 1.29 is 17.9 Å². The third-order valence-electron chi connectivity index (χ3n) is 4.92. The zero-order valence-corrected chi connectivity index (χ0v) is 15.4. The molecular formula is C15H29ClN2O4S. The summed E-state index contributed by atoms with van der Waals surface area (Å²) in [7, 11) is -1.64. The van der Waals surface area contributed by atoms with Gasteiger partial charge in [0.2, 0.25) is 5.91 Å². The van der Waals surface area contributed by atoms with Crippen LogP contribution in [-0.4, -0.2) is 58.7 Å². The second-order valence-corrected chi connectivity index (χ2v) is 8.95. The number of piperidine rings is 1. The Morgan fingerprint density at radius 2 is 1.87 bits per heavy atom. The third-order valence-corrected chi connectivity index (χ3v) is 7.07. The minimum absolute atomic E-state index is 0. The summed E-state index contributed by atoms with van der Waals surface area (Å²) < 4.78 is 29.7. The molecule has 0 atom stereocenters. The van der Waals surface area contributed by atoms with Crippen LogP contribution in [0.15, 0.2) is 0 Å². The molecule has 0 aromatic heterocycles. The summed E-state index contributed by atoms with van der Waals surface area (Å²) in [6, 6.07) is 0. The van der Waals surface area contributed by atoms with Crippen LogP contribution in [0.25, 0.3) is 0 Å². The maximum Gasteiger partial charge on any atom is 0.235 e. The first-order valence-electron chi connectivity index (χ1n) is 8.15. The average molecular weight is 369 g/mol. The van der Waals surface area contributed by atoms with Gasteiger partial charge in [-0.2, -0.15) is 0 Å². The minimum atomic E-state index is -3.30. The summed E-state index contributed by atoms with van der Waals surface area (Å²) in [5.74, 6) is -0.750. The lowest BCUT2D eigenvalue weighted by Gasteiger charge is -2.37. The van der Waals surface area contributed by atoms with Crippen LogP contribution >= 0.6 is 12.4 Å². The normalized spacial score (nSPS) is 21.6. The molecule has 2 aliphatic rings. The number of hydrogen-bond acceptors (Lipinski definition) is 5. The van der Waals surface area contributed by atoms with Crippen molar-refractivity contribution in [3.8, 4) is 0 Å². The predicted octanol–water partition coefficient (Wildman–Crippen LogP) is 0.898. The third kappa shape index (κ3) is 5.89. The first-order valence-corrected chi connectivity index (χ1v) is 9.87. The van der Waals surface area contributed by atoms with Gasteiger partial charge in [-0.15, -0.1) is 12.4 Å². The largest absolute Gasteiger partial charge is 0.384 e. The van der Waals surface area contributed by atoms with Gasteiger partial charge in [0, 0.05) is 19.1 Å². The molecular weight excluding hydrogens is 340 g/mol. The Morgan fingerprint density at radius 3 is 2.43 bits per heavy atom. The van der Waals surface area contributed by atoms with Gasteiger partial charge in [-0.05, 0) is 38.8 Å². The highest BCUT2D eigenvalue weighted by atomic mass is 35.5. The lowest BCUT2D eigenvalue weighted by molar-refractivity contribution is -0.119. The lowest BCUT2D eigenvalue weighted by atomic mass is 9.79. The fourth-order valence-corrected chi connectivity index (χ4v) is 5.28. The van der Waals surface area contributed by atoms with Crippen LogP contribution in [0.5, 0.6) is 0 Å². The van der Waals surface area contributed by atoms with Gasteiger partial charge in [0.25, 0.3) is 0 Å². The number of carbonyl (C=O) groups excluding carboxylic acids is 1. The topological polar surface area (TPSA) is 84.5 Å². The van der Waals surface area contributed by atoms with Crippen molar-refractivity contribution in [1.29, 1.82) is 0 Å². The zero-order valence-electron chi connectivity index (χ0n) is 13.8. The van der Waals surface area contributed by atoms with Crippen LogP contribution in [0.3, 0.4) is 0 Å². The Hall–Kier alpha value is -0.370. The number of nitrogens with one attached hydrogen (secondary N) is 2. The Kier molecular flexibility index (Phi) is 8.27. The van der Waals surface area contributed by atoms with Gasteiger partial charge in [-0.3, -0.25) is 4.79 Å². The summed E-state index contributed by atoms with van der Waals surface area (Å²) in [6.07, 6.45) is 5.17. The van der Waals surface area contributed by atoms with E-state index in [-0.39, 0.29) is 34.7 Å². The van der Waals surface area contributed by atoms with E-state index in [9.17, 15) is 13.2 Å². The molecule has 6 nitrogen and oxygen atoms in total. The molecule has 23 heavy (non-hydrogen) atoms. The smallest absolute Gasteiger partial charge is 0.235 e. The molecule has 8 heteroatoms. The van der Waals surface area contributed by atoms with Crippen molar-refractivity contribution in [2.75, 3.05) is 39.1 Å². The van der Waals surface area contributed by atoms with E-state index < -0.39 is 9.84 Å². The number of methoxy groups -OCH3 is 1. The molecule has 0 aromatic rings. The van der Waals surface area contributed by atoms with Gasteiger partial charge >= 0.3 is 0 Å². The number of hydrogen-bond donors (Lipinski definition) is 2. The van der Waals surface area contributed by atoms with Crippen molar-refractivity contribution in [1.82, 2.24) is 10.6 Å². The maximum atomic E-state index is 12.2. The first-order chi connectivity index (χ1) is 10.5. The minimum Gasteiger partial charge on any atom is -0.384 e. The predicted molar refractivity (Wildman–Crippen MR) is 92.7 cm³/mol. The van der Waals surface area contributed by atoms with Gasteiger partial charge in [-0.1, -0.05) is 12.8 Å². The second-order valence-electron chi connectivity index (χ2n) is 6.67. The molecule has 1 heterocycles. The molecule has 0 unspecified atom stereocenters. The van der Waals surface area contributed by atoms with Crippen LogP contribution in [0.2, 0.25) is 0 Å². The molecule has 0 aromatic carbocycles. The van der Waals surface area contributed by atoms with Crippen molar-refractivity contribution in [3.05, 3.63) is 0 Å². The van der Waals surface area contributed by atoms with Crippen LogP contribution < -0.4 is 10.6 Å². The monoisotopic (exact) mass is 368 g/mol. The van der Waals surface area contributed by atoms with E-state index in [2.05, 4.69) is 10.6 Å². The quantitative estimate of drug-likeness (QED) is 0.697. The molecule has 136 valence electrons. The van der Waals surface area contributed by atoms with Crippen LogP contribution in [0.4, 0.5) is 0 Å². The highest BCUT2D eigenvalue weighted by Gasteiger charge is 2.34. The molecule has 1 saturated carbocycles. The molecule has 1 amide bonds. The van der Waals surface area contributed by atoms with Crippen molar-refractivity contribution >= 4 is 28.2 Å². The molecule has 2 rings (SSSR count). The SMILES string of the molecule is COCC1(CNC(=O)CS(=O)(=O)C2CCCC2)CCNCC1.Cl. The van der Waals surface area contributed by atoms with E-state index in [1.54, 1.807) is 7.11 Å². The van der Waals surface area contributed by atoms with E-state index in [0.717, 1.165) is 38.8 Å². The summed E-state index contributed by atoms with van der Waals surface area (Å²) in [4.78, 5) is 12.1. The number of carbonyl (C=O) groups is 1. The van der Waals surface area contributed by atoms with Crippen molar-refractivity contribution in [2.24, 2.45) is 5.41 Å². The van der Waals surface area contributed by atoms with Gasteiger partial charge in [0.1, 0.15) is 5.75 Å². The van der Waals surface area contributed by atoms with Crippen LogP contribution in [0, 0.1) is 5.41 Å². The molecule has 0 spiro atoms. The van der Waals surface area contributed by atoms with Crippen molar-refractivity contribution in [2.45, 2.75) is 43.8 Å². The molecule has 1 saturated heterocycles. The molecule has 0 bridgehead atoms. The summed E-state index contributed by atoms with van der Waals surface area (Å²) >= 11 is 0. The van der Waals surface area contributed by atoms with E-state index in [4.69, 9.17) is 4.74 Å². The summed E-state index contributed by atoms with van der Waals surface area (Å²) in [6.45, 7) is 2.88. The molecule has 1 aliphatic heterocycles. The number of sulfone groups is 1. The molecule has 0 radical (unpaired) electrons. The van der Waals surface area contributed by atoms with Gasteiger partial charge in [-0.25, -0.2) is 8.42 Å². The highest BCUT2D eigenvalue weighted by Crippen LogP contribution is 2.28. The number of halogens is 1. The van der Waals surface area contributed by atoms with Gasteiger partial charge in [0.05, 0.1) is 11.9 Å². The Labute approximate surface area is 145 Å². The fourth-order valence-electron chi connectivity index (χ4n) is 3.52. The fraction of sp³-hybridized carbons (Fsp3) is 0.933.